The molecule has 1 atom stereocenters. The number of benzene rings is 2. The monoisotopic (exact) mass is 388 g/mol. The molecule has 1 fully saturated rings. The molecule has 3 rings (SSSR count). The van der Waals surface area contributed by atoms with Crippen LogP contribution in [0.25, 0.3) is 0 Å². The van der Waals surface area contributed by atoms with Gasteiger partial charge >= 0.3 is 0 Å². The Morgan fingerprint density at radius 2 is 2.12 bits per heavy atom. The zero-order chi connectivity index (χ0) is 16.9. The highest BCUT2D eigenvalue weighted by atomic mass is 79.9. The predicted octanol–water partition coefficient (Wildman–Crippen LogP) is 3.46. The van der Waals surface area contributed by atoms with Crippen molar-refractivity contribution in [2.24, 2.45) is 0 Å². The molecule has 1 saturated heterocycles. The third-order valence-electron chi connectivity index (χ3n) is 4.34. The summed E-state index contributed by atoms with van der Waals surface area (Å²) in [5.74, 6) is 0.740. The molecule has 5 heteroatoms. The summed E-state index contributed by atoms with van der Waals surface area (Å²) in [5.41, 5.74) is 1.73. The van der Waals surface area contributed by atoms with E-state index >= 15 is 0 Å². The van der Waals surface area contributed by atoms with Gasteiger partial charge in [-0.15, -0.1) is 0 Å². The minimum Gasteiger partial charge on any atom is -0.489 e. The van der Waals surface area contributed by atoms with E-state index in [-0.39, 0.29) is 11.9 Å². The second-order valence-corrected chi connectivity index (χ2v) is 6.82. The minimum absolute atomic E-state index is 0.0371. The van der Waals surface area contributed by atoms with Gasteiger partial charge in [0.05, 0.1) is 0 Å². The Hall–Kier alpha value is -1.85. The summed E-state index contributed by atoms with van der Waals surface area (Å²) in [7, 11) is 1.87. The normalized spacial score (nSPS) is 16.8. The standard InChI is InChI=1S/C19H21BrN2O2/c1-22(16-9-10-21-12-16)19(23)14-6-4-7-17(11-14)24-13-15-5-2-3-8-18(15)20/h2-8,11,16,21H,9-10,12-13H2,1H3. The van der Waals surface area contributed by atoms with Crippen LogP contribution in [0, 0.1) is 0 Å². The van der Waals surface area contributed by atoms with Crippen molar-refractivity contribution in [1.29, 1.82) is 0 Å². The second-order valence-electron chi connectivity index (χ2n) is 5.97. The fraction of sp³-hybridized carbons (Fsp3) is 0.316. The first-order chi connectivity index (χ1) is 11.6. The first-order valence-electron chi connectivity index (χ1n) is 8.09. The van der Waals surface area contributed by atoms with Crippen molar-refractivity contribution in [3.8, 4) is 5.75 Å². The van der Waals surface area contributed by atoms with E-state index in [1.54, 1.807) is 0 Å². The number of likely N-dealkylation sites (N-methyl/N-ethyl adjacent to an activating group) is 1. The van der Waals surface area contributed by atoms with Crippen molar-refractivity contribution in [2.45, 2.75) is 19.1 Å². The fourth-order valence-corrected chi connectivity index (χ4v) is 3.23. The zero-order valence-electron chi connectivity index (χ0n) is 13.7. The molecule has 2 aromatic rings. The van der Waals surface area contributed by atoms with Gasteiger partial charge in [0.15, 0.2) is 0 Å². The predicted molar refractivity (Wildman–Crippen MR) is 98.3 cm³/mol. The van der Waals surface area contributed by atoms with Crippen molar-refractivity contribution in [3.63, 3.8) is 0 Å². The van der Waals surface area contributed by atoms with Gasteiger partial charge in [-0.1, -0.05) is 40.2 Å². The van der Waals surface area contributed by atoms with Gasteiger partial charge in [-0.2, -0.15) is 0 Å². The van der Waals surface area contributed by atoms with E-state index in [0.717, 1.165) is 29.5 Å². The maximum Gasteiger partial charge on any atom is 0.254 e. The summed E-state index contributed by atoms with van der Waals surface area (Å²) >= 11 is 3.52. The quantitative estimate of drug-likeness (QED) is 0.852. The molecule has 0 saturated carbocycles. The second kappa shape index (κ2) is 7.81. The Morgan fingerprint density at radius 3 is 2.88 bits per heavy atom. The Kier molecular flexibility index (Phi) is 5.53. The lowest BCUT2D eigenvalue weighted by Gasteiger charge is -2.24. The summed E-state index contributed by atoms with van der Waals surface area (Å²) in [6.07, 6.45) is 1.00. The van der Waals surface area contributed by atoms with Crippen LogP contribution in [0.15, 0.2) is 53.0 Å². The van der Waals surface area contributed by atoms with E-state index in [1.165, 1.54) is 0 Å². The summed E-state index contributed by atoms with van der Waals surface area (Å²) in [6.45, 7) is 2.29. The molecule has 1 N–H and O–H groups in total. The zero-order valence-corrected chi connectivity index (χ0v) is 15.3. The largest absolute Gasteiger partial charge is 0.489 e. The van der Waals surface area contributed by atoms with Crippen molar-refractivity contribution >= 4 is 21.8 Å². The average molecular weight is 389 g/mol. The molecule has 2 aromatic carbocycles. The topological polar surface area (TPSA) is 41.6 Å². The Labute approximate surface area is 150 Å². The highest BCUT2D eigenvalue weighted by Gasteiger charge is 2.24. The van der Waals surface area contributed by atoms with Crippen LogP contribution in [-0.4, -0.2) is 37.0 Å². The van der Waals surface area contributed by atoms with Crippen molar-refractivity contribution in [3.05, 3.63) is 64.1 Å². The number of ether oxygens (including phenoxy) is 1. The maximum atomic E-state index is 12.6. The van der Waals surface area contributed by atoms with Crippen molar-refractivity contribution < 1.29 is 9.53 Å². The number of amides is 1. The lowest BCUT2D eigenvalue weighted by molar-refractivity contribution is 0.0743. The molecule has 0 bridgehead atoms. The van der Waals surface area contributed by atoms with Gasteiger partial charge in [-0.25, -0.2) is 0 Å². The van der Waals surface area contributed by atoms with Crippen LogP contribution < -0.4 is 10.1 Å². The molecule has 1 aliphatic heterocycles. The molecule has 0 aliphatic carbocycles. The molecule has 1 heterocycles. The molecule has 24 heavy (non-hydrogen) atoms. The highest BCUT2D eigenvalue weighted by molar-refractivity contribution is 9.10. The third-order valence-corrected chi connectivity index (χ3v) is 5.11. The molecule has 4 nitrogen and oxygen atoms in total. The van der Waals surface area contributed by atoms with E-state index in [4.69, 9.17) is 4.74 Å². The van der Waals surface area contributed by atoms with Crippen LogP contribution in [-0.2, 0) is 6.61 Å². The number of nitrogens with one attached hydrogen (secondary N) is 1. The number of carbonyl (C=O) groups is 1. The maximum absolute atomic E-state index is 12.6. The van der Waals surface area contributed by atoms with E-state index in [9.17, 15) is 4.79 Å². The SMILES string of the molecule is CN(C(=O)c1cccc(OCc2ccccc2Br)c1)C1CCNC1. The summed E-state index contributed by atoms with van der Waals surface area (Å²) in [5, 5.41) is 3.29. The van der Waals surface area contributed by atoms with Crippen LogP contribution in [0.2, 0.25) is 0 Å². The number of nitrogens with zero attached hydrogens (tertiary/aromatic N) is 1. The van der Waals surface area contributed by atoms with Crippen LogP contribution >= 0.6 is 15.9 Å². The number of hydrogen-bond acceptors (Lipinski definition) is 3. The number of hydrogen-bond donors (Lipinski definition) is 1. The molecule has 0 radical (unpaired) electrons. The number of carbonyl (C=O) groups excluding carboxylic acids is 1. The molecule has 0 aromatic heterocycles. The number of rotatable bonds is 5. The first kappa shape index (κ1) is 17.0. The Balaban J connectivity index is 1.67. The van der Waals surface area contributed by atoms with Crippen molar-refractivity contribution in [2.75, 3.05) is 20.1 Å². The van der Waals surface area contributed by atoms with Crippen molar-refractivity contribution in [1.82, 2.24) is 10.2 Å². The molecular weight excluding hydrogens is 368 g/mol. The lowest BCUT2D eigenvalue weighted by atomic mass is 10.1. The summed E-state index contributed by atoms with van der Waals surface area (Å²) in [4.78, 5) is 14.5. The average Bonchev–Trinajstić information content (AvgIpc) is 3.14. The smallest absolute Gasteiger partial charge is 0.254 e. The Morgan fingerprint density at radius 1 is 1.29 bits per heavy atom. The van der Waals surface area contributed by atoms with Crippen LogP contribution in [0.4, 0.5) is 0 Å². The Bertz CT molecular complexity index is 714. The summed E-state index contributed by atoms with van der Waals surface area (Å²) < 4.78 is 6.88. The van der Waals surface area contributed by atoms with Crippen LogP contribution in [0.5, 0.6) is 5.75 Å². The van der Waals surface area contributed by atoms with E-state index in [0.29, 0.717) is 17.9 Å². The fourth-order valence-electron chi connectivity index (χ4n) is 2.83. The van der Waals surface area contributed by atoms with Gasteiger partial charge in [-0.3, -0.25) is 4.79 Å². The summed E-state index contributed by atoms with van der Waals surface area (Å²) in [6, 6.07) is 15.6. The third kappa shape index (κ3) is 3.97. The minimum atomic E-state index is 0.0371. The van der Waals surface area contributed by atoms with Gasteiger partial charge in [0.2, 0.25) is 0 Å². The molecular formula is C19H21BrN2O2. The van der Waals surface area contributed by atoms with Gasteiger partial charge in [0.1, 0.15) is 12.4 Å². The molecule has 126 valence electrons. The van der Waals surface area contributed by atoms with Crippen LogP contribution in [0.1, 0.15) is 22.3 Å². The van der Waals surface area contributed by atoms with E-state index in [2.05, 4.69) is 21.2 Å². The van der Waals surface area contributed by atoms with Gasteiger partial charge in [0, 0.05) is 35.2 Å². The molecule has 1 unspecified atom stereocenters. The van der Waals surface area contributed by atoms with Gasteiger partial charge < -0.3 is 15.0 Å². The molecule has 0 spiro atoms. The van der Waals surface area contributed by atoms with E-state index in [1.807, 2.05) is 60.5 Å². The van der Waals surface area contributed by atoms with E-state index < -0.39 is 0 Å². The van der Waals surface area contributed by atoms with Crippen LogP contribution in [0.3, 0.4) is 0 Å². The van der Waals surface area contributed by atoms with Gasteiger partial charge in [0.25, 0.3) is 5.91 Å². The van der Waals surface area contributed by atoms with Gasteiger partial charge in [-0.05, 0) is 37.2 Å². The first-order valence-corrected chi connectivity index (χ1v) is 8.88. The number of halogens is 1. The lowest BCUT2D eigenvalue weighted by Crippen LogP contribution is -2.38. The molecule has 1 amide bonds. The molecule has 1 aliphatic rings. The highest BCUT2D eigenvalue weighted by Crippen LogP contribution is 2.21.